The number of pyridine rings is 2. The lowest BCUT2D eigenvalue weighted by Crippen LogP contribution is -2.25. The van der Waals surface area contributed by atoms with Gasteiger partial charge in [-0.1, -0.05) is 64.1 Å². The first-order chi connectivity index (χ1) is 29.2. The van der Waals surface area contributed by atoms with Gasteiger partial charge in [0, 0.05) is 77.3 Å². The molecule has 1 aliphatic rings. The summed E-state index contributed by atoms with van der Waals surface area (Å²) < 4.78 is 3.73. The van der Waals surface area contributed by atoms with Crippen LogP contribution in [0.15, 0.2) is 122 Å². The van der Waals surface area contributed by atoms with Crippen LogP contribution in [0.25, 0.3) is 56.3 Å². The normalized spacial score (nSPS) is 12.4. The molecule has 0 unspecified atom stereocenters. The number of aldehydes is 1. The van der Waals surface area contributed by atoms with Gasteiger partial charge >= 0.3 is 0 Å². The molecule has 13 heteroatoms. The Bertz CT molecular complexity index is 2720. The number of nitrogens with one attached hydrogen (secondary N) is 3. The third kappa shape index (κ3) is 9.05. The summed E-state index contributed by atoms with van der Waals surface area (Å²) in [5.41, 5.74) is 12.0. The molecule has 1 saturated carbocycles. The molecule has 0 spiro atoms. The minimum Gasteiger partial charge on any atom is -0.382 e. The van der Waals surface area contributed by atoms with Gasteiger partial charge in [0.05, 0.1) is 46.5 Å². The van der Waals surface area contributed by atoms with E-state index in [2.05, 4.69) is 63.6 Å². The Morgan fingerprint density at radius 3 is 1.52 bits per heavy atom. The fraction of sp³-hybridized carbons (Fsp3) is 0.234. The van der Waals surface area contributed by atoms with E-state index in [1.807, 2.05) is 94.2 Å². The largest absolute Gasteiger partial charge is 0.382 e. The maximum atomic E-state index is 12.3. The van der Waals surface area contributed by atoms with E-state index in [0.717, 1.165) is 99.9 Å². The van der Waals surface area contributed by atoms with Crippen molar-refractivity contribution in [3.05, 3.63) is 133 Å². The van der Waals surface area contributed by atoms with E-state index in [-0.39, 0.29) is 5.91 Å². The Kier molecular flexibility index (Phi) is 11.7. The molecule has 0 atom stereocenters. The second kappa shape index (κ2) is 17.7. The quantitative estimate of drug-likeness (QED) is 0.0964. The Hall–Kier alpha value is -7.28. The van der Waals surface area contributed by atoms with Crippen molar-refractivity contribution in [1.82, 2.24) is 44.5 Å². The fourth-order valence-corrected chi connectivity index (χ4v) is 6.57. The average molecular weight is 798 g/mol. The van der Waals surface area contributed by atoms with Crippen molar-refractivity contribution < 1.29 is 9.59 Å². The van der Waals surface area contributed by atoms with Crippen LogP contribution in [0.3, 0.4) is 0 Å². The highest BCUT2D eigenvalue weighted by atomic mass is 16.1. The number of benzene rings is 2. The SMILES string of the molecule is CC(C)CNc1cc(-c2ccncc2)nn2c(-c3ccc(C(=O)NC4CC4)cc3)cnc12.CC(C)CNc1cc(-c2ccncc2)nn2c(-c3ccc(C=O)cc3)cnc12. The van der Waals surface area contributed by atoms with Crippen LogP contribution in [0.4, 0.5) is 11.4 Å². The minimum absolute atomic E-state index is 0.0181. The monoisotopic (exact) mass is 797 g/mol. The lowest BCUT2D eigenvalue weighted by Gasteiger charge is -2.13. The van der Waals surface area contributed by atoms with Crippen LogP contribution in [0.2, 0.25) is 0 Å². The highest BCUT2D eigenvalue weighted by Crippen LogP contribution is 2.30. The molecule has 1 fully saturated rings. The molecule has 0 bridgehead atoms. The minimum atomic E-state index is -0.0181. The van der Waals surface area contributed by atoms with Crippen LogP contribution in [0, 0.1) is 11.8 Å². The second-order valence-electron chi connectivity index (χ2n) is 15.7. The number of hydrogen-bond acceptors (Lipinski definition) is 10. The molecule has 6 heterocycles. The van der Waals surface area contributed by atoms with Crippen molar-refractivity contribution in [2.45, 2.75) is 46.6 Å². The van der Waals surface area contributed by atoms with Crippen molar-refractivity contribution >= 4 is 34.9 Å². The lowest BCUT2D eigenvalue weighted by molar-refractivity contribution is 0.0950. The Morgan fingerprint density at radius 1 is 0.650 bits per heavy atom. The molecular weight excluding hydrogens is 751 g/mol. The third-order valence-electron chi connectivity index (χ3n) is 9.99. The molecule has 1 aliphatic carbocycles. The van der Waals surface area contributed by atoms with E-state index in [4.69, 9.17) is 10.2 Å². The standard InChI is InChI=1S/C25H26N6O.C22H21N5O/c1-16(2)14-27-22-13-21(17-9-11-26-12-10-17)30-31-23(15-28-24(22)31)18-3-5-19(6-4-18)25(32)29-20-7-8-20;1-15(2)12-24-20-11-19(17-7-9-23-10-8-17)26-27-21(13-25-22(20)27)18-5-3-16(14-28)4-6-18/h3-6,9-13,15-16,20,27H,7-8,14H2,1-2H3,(H,29,32);3-11,13-15,24H,12H2,1-2H3. The van der Waals surface area contributed by atoms with Crippen LogP contribution in [-0.2, 0) is 0 Å². The van der Waals surface area contributed by atoms with E-state index >= 15 is 0 Å². The number of imidazole rings is 2. The highest BCUT2D eigenvalue weighted by Gasteiger charge is 2.24. The zero-order valence-corrected chi connectivity index (χ0v) is 34.1. The van der Waals surface area contributed by atoms with Gasteiger partial charge in [-0.05, 0) is 73.2 Å². The van der Waals surface area contributed by atoms with Gasteiger partial charge < -0.3 is 16.0 Å². The maximum absolute atomic E-state index is 12.3. The van der Waals surface area contributed by atoms with Gasteiger partial charge in [0.15, 0.2) is 11.3 Å². The topological polar surface area (TPSA) is 156 Å². The highest BCUT2D eigenvalue weighted by molar-refractivity contribution is 5.95. The summed E-state index contributed by atoms with van der Waals surface area (Å²) in [5.74, 6) is 0.981. The van der Waals surface area contributed by atoms with Gasteiger partial charge in [0.2, 0.25) is 0 Å². The molecule has 1 amide bonds. The summed E-state index contributed by atoms with van der Waals surface area (Å²) in [7, 11) is 0. The Balaban J connectivity index is 0.000000168. The number of carbonyl (C=O) groups excluding carboxylic acids is 2. The molecule has 13 nitrogen and oxygen atoms in total. The van der Waals surface area contributed by atoms with E-state index < -0.39 is 0 Å². The van der Waals surface area contributed by atoms with E-state index in [9.17, 15) is 9.59 Å². The van der Waals surface area contributed by atoms with Crippen molar-refractivity contribution in [3.8, 4) is 45.0 Å². The molecule has 0 saturated heterocycles. The van der Waals surface area contributed by atoms with Crippen molar-refractivity contribution in [1.29, 1.82) is 0 Å². The van der Waals surface area contributed by atoms with Crippen molar-refractivity contribution in [2.24, 2.45) is 11.8 Å². The number of hydrogen-bond donors (Lipinski definition) is 3. The first-order valence-electron chi connectivity index (χ1n) is 20.3. The van der Waals surface area contributed by atoms with Gasteiger partial charge in [-0.2, -0.15) is 10.2 Å². The molecule has 302 valence electrons. The number of anilines is 2. The van der Waals surface area contributed by atoms with Crippen LogP contribution in [0.1, 0.15) is 61.3 Å². The summed E-state index contributed by atoms with van der Waals surface area (Å²) in [6.45, 7) is 10.4. The smallest absolute Gasteiger partial charge is 0.251 e. The van der Waals surface area contributed by atoms with Gasteiger partial charge in [0.25, 0.3) is 5.91 Å². The number of amides is 1. The maximum Gasteiger partial charge on any atom is 0.251 e. The molecule has 8 aromatic rings. The van der Waals surface area contributed by atoms with Crippen LogP contribution >= 0.6 is 0 Å². The number of carbonyl (C=O) groups is 2. The van der Waals surface area contributed by atoms with E-state index in [1.54, 1.807) is 36.9 Å². The number of fused-ring (bicyclic) bond motifs is 2. The van der Waals surface area contributed by atoms with Gasteiger partial charge in [-0.3, -0.25) is 19.6 Å². The third-order valence-corrected chi connectivity index (χ3v) is 9.99. The van der Waals surface area contributed by atoms with Gasteiger partial charge in [0.1, 0.15) is 6.29 Å². The summed E-state index contributed by atoms with van der Waals surface area (Å²) in [6.07, 6.45) is 13.7. The average Bonchev–Trinajstić information content (AvgIpc) is 3.82. The molecule has 3 N–H and O–H groups in total. The van der Waals surface area contributed by atoms with Crippen LogP contribution in [-0.4, -0.2) is 70.5 Å². The molecule has 6 aromatic heterocycles. The van der Waals surface area contributed by atoms with Crippen molar-refractivity contribution in [3.63, 3.8) is 0 Å². The molecule has 60 heavy (non-hydrogen) atoms. The summed E-state index contributed by atoms with van der Waals surface area (Å²) in [6, 6.07) is 27.2. The first-order valence-corrected chi connectivity index (χ1v) is 20.3. The zero-order valence-electron chi connectivity index (χ0n) is 34.1. The molecule has 0 radical (unpaired) electrons. The van der Waals surface area contributed by atoms with Crippen LogP contribution < -0.4 is 16.0 Å². The lowest BCUT2D eigenvalue weighted by atomic mass is 10.1. The van der Waals surface area contributed by atoms with E-state index in [0.29, 0.717) is 29.0 Å². The summed E-state index contributed by atoms with van der Waals surface area (Å²) in [4.78, 5) is 40.8. The molecule has 9 rings (SSSR count). The van der Waals surface area contributed by atoms with Crippen molar-refractivity contribution in [2.75, 3.05) is 23.7 Å². The number of rotatable bonds is 13. The zero-order chi connectivity index (χ0) is 41.6. The molecule has 2 aromatic carbocycles. The predicted molar refractivity (Wildman–Crippen MR) is 236 cm³/mol. The number of aromatic nitrogens is 8. The predicted octanol–water partition coefficient (Wildman–Crippen LogP) is 8.76. The summed E-state index contributed by atoms with van der Waals surface area (Å²) in [5, 5.41) is 19.8. The number of nitrogens with zero attached hydrogens (tertiary/aromatic N) is 8. The van der Waals surface area contributed by atoms with Crippen LogP contribution in [0.5, 0.6) is 0 Å². The molecular formula is C47H47N11O2. The summed E-state index contributed by atoms with van der Waals surface area (Å²) >= 11 is 0. The van der Waals surface area contributed by atoms with E-state index in [1.165, 1.54) is 0 Å². The fourth-order valence-electron chi connectivity index (χ4n) is 6.57. The van der Waals surface area contributed by atoms with Gasteiger partial charge in [-0.25, -0.2) is 19.0 Å². The van der Waals surface area contributed by atoms with Gasteiger partial charge in [-0.15, -0.1) is 0 Å². The first kappa shape index (κ1) is 39.5. The second-order valence-corrected chi connectivity index (χ2v) is 15.7. The molecule has 0 aliphatic heterocycles. The Labute approximate surface area is 348 Å². The Morgan fingerprint density at radius 2 is 1.10 bits per heavy atom.